The van der Waals surface area contributed by atoms with Crippen molar-refractivity contribution in [1.82, 2.24) is 9.97 Å². The van der Waals surface area contributed by atoms with Gasteiger partial charge in [0.2, 0.25) is 5.82 Å². The van der Waals surface area contributed by atoms with Crippen LogP contribution in [0.25, 0.3) is 0 Å². The molecule has 1 unspecified atom stereocenters. The molecule has 20 heavy (non-hydrogen) atoms. The molecule has 1 aromatic heterocycles. The maximum absolute atomic E-state index is 12.7. The lowest BCUT2D eigenvalue weighted by Crippen LogP contribution is -2.21. The Balaban J connectivity index is 2.91. The van der Waals surface area contributed by atoms with Crippen LogP contribution >= 0.6 is 0 Å². The number of rotatable bonds is 7. The van der Waals surface area contributed by atoms with Crippen LogP contribution in [0.3, 0.4) is 0 Å². The second-order valence-electron chi connectivity index (χ2n) is 4.33. The standard InChI is InChI=1S/C12H19F3N4O/c1-3-5-16-9-6-10(17-7-8(20)4-2)19-11(18-9)12(13,14)15/h6,8,20H,3-5,7H2,1-2H3,(H2,16,17,18,19). The van der Waals surface area contributed by atoms with Crippen LogP contribution in [-0.4, -0.2) is 34.3 Å². The van der Waals surface area contributed by atoms with Crippen LogP contribution in [0.4, 0.5) is 24.8 Å². The van der Waals surface area contributed by atoms with E-state index in [9.17, 15) is 18.3 Å². The quantitative estimate of drug-likeness (QED) is 0.720. The summed E-state index contributed by atoms with van der Waals surface area (Å²) in [4.78, 5) is 6.86. The molecule has 1 rings (SSSR count). The second-order valence-corrected chi connectivity index (χ2v) is 4.33. The molecule has 0 aromatic carbocycles. The number of halogens is 3. The van der Waals surface area contributed by atoms with E-state index in [1.165, 1.54) is 6.07 Å². The molecule has 0 aliphatic rings. The zero-order valence-electron chi connectivity index (χ0n) is 11.5. The summed E-state index contributed by atoms with van der Waals surface area (Å²) in [5.74, 6) is -1.05. The molecular weight excluding hydrogens is 273 g/mol. The van der Waals surface area contributed by atoms with Crippen molar-refractivity contribution in [3.63, 3.8) is 0 Å². The highest BCUT2D eigenvalue weighted by Crippen LogP contribution is 2.28. The fraction of sp³-hybridized carbons (Fsp3) is 0.667. The maximum atomic E-state index is 12.7. The van der Waals surface area contributed by atoms with E-state index < -0.39 is 18.1 Å². The van der Waals surface area contributed by atoms with Crippen molar-refractivity contribution in [2.75, 3.05) is 23.7 Å². The van der Waals surface area contributed by atoms with E-state index in [0.717, 1.165) is 6.42 Å². The molecule has 1 aromatic rings. The summed E-state index contributed by atoms with van der Waals surface area (Å²) in [5.41, 5.74) is 0. The van der Waals surface area contributed by atoms with Crippen LogP contribution in [0.2, 0.25) is 0 Å². The summed E-state index contributed by atoms with van der Waals surface area (Å²) < 4.78 is 38.1. The number of nitrogens with one attached hydrogen (secondary N) is 2. The van der Waals surface area contributed by atoms with Crippen molar-refractivity contribution in [3.05, 3.63) is 11.9 Å². The van der Waals surface area contributed by atoms with Gasteiger partial charge in [-0.1, -0.05) is 13.8 Å². The minimum absolute atomic E-state index is 0.0402. The van der Waals surface area contributed by atoms with Gasteiger partial charge in [-0.2, -0.15) is 13.2 Å². The van der Waals surface area contributed by atoms with Crippen molar-refractivity contribution in [3.8, 4) is 0 Å². The lowest BCUT2D eigenvalue weighted by Gasteiger charge is -2.14. The Labute approximate surface area is 115 Å². The highest BCUT2D eigenvalue weighted by Gasteiger charge is 2.35. The van der Waals surface area contributed by atoms with Crippen LogP contribution in [0.1, 0.15) is 32.5 Å². The van der Waals surface area contributed by atoms with E-state index >= 15 is 0 Å². The summed E-state index contributed by atoms with van der Waals surface area (Å²) >= 11 is 0. The lowest BCUT2D eigenvalue weighted by molar-refractivity contribution is -0.144. The molecule has 0 fully saturated rings. The predicted octanol–water partition coefficient (Wildman–Crippen LogP) is 2.50. The van der Waals surface area contributed by atoms with Gasteiger partial charge in [0, 0.05) is 19.2 Å². The van der Waals surface area contributed by atoms with Gasteiger partial charge in [-0.15, -0.1) is 0 Å². The summed E-state index contributed by atoms with van der Waals surface area (Å²) in [6.07, 6.45) is -3.97. The molecule has 0 amide bonds. The molecular formula is C12H19F3N4O. The summed E-state index contributed by atoms with van der Waals surface area (Å²) in [5, 5.41) is 14.9. The van der Waals surface area contributed by atoms with Gasteiger partial charge in [-0.25, -0.2) is 9.97 Å². The third-order valence-electron chi connectivity index (χ3n) is 2.53. The third kappa shape index (κ3) is 5.20. The molecule has 114 valence electrons. The Morgan fingerprint density at radius 1 is 1.20 bits per heavy atom. The molecule has 1 heterocycles. The van der Waals surface area contributed by atoms with E-state index in [1.54, 1.807) is 6.92 Å². The predicted molar refractivity (Wildman–Crippen MR) is 70.6 cm³/mol. The largest absolute Gasteiger partial charge is 0.451 e. The molecule has 0 spiro atoms. The van der Waals surface area contributed by atoms with E-state index in [4.69, 9.17) is 0 Å². The topological polar surface area (TPSA) is 70.1 Å². The van der Waals surface area contributed by atoms with Gasteiger partial charge in [0.25, 0.3) is 0 Å². The van der Waals surface area contributed by atoms with Gasteiger partial charge in [0.05, 0.1) is 6.10 Å². The van der Waals surface area contributed by atoms with E-state index in [0.29, 0.717) is 13.0 Å². The first-order valence-electron chi connectivity index (χ1n) is 6.48. The summed E-state index contributed by atoms with van der Waals surface area (Å²) in [6.45, 7) is 4.33. The van der Waals surface area contributed by atoms with Crippen LogP contribution in [0, 0.1) is 0 Å². The van der Waals surface area contributed by atoms with Crippen LogP contribution in [0.5, 0.6) is 0 Å². The number of alkyl halides is 3. The number of aromatic nitrogens is 2. The van der Waals surface area contributed by atoms with E-state index in [1.807, 2.05) is 6.92 Å². The molecule has 0 saturated carbocycles. The van der Waals surface area contributed by atoms with Crippen LogP contribution in [-0.2, 0) is 6.18 Å². The molecule has 0 radical (unpaired) electrons. The SMILES string of the molecule is CCCNc1cc(NCC(O)CC)nc(C(F)(F)F)n1. The lowest BCUT2D eigenvalue weighted by atomic mass is 10.3. The minimum atomic E-state index is -4.61. The molecule has 0 saturated heterocycles. The normalized spacial score (nSPS) is 13.1. The van der Waals surface area contributed by atoms with Gasteiger partial charge in [0.15, 0.2) is 0 Å². The van der Waals surface area contributed by atoms with Crippen molar-refractivity contribution in [2.45, 2.75) is 39.0 Å². The maximum Gasteiger partial charge on any atom is 0.451 e. The Morgan fingerprint density at radius 2 is 1.80 bits per heavy atom. The Hall–Kier alpha value is -1.57. The summed E-state index contributed by atoms with van der Waals surface area (Å²) in [7, 11) is 0. The number of aliphatic hydroxyl groups is 1. The number of aliphatic hydroxyl groups excluding tert-OH is 1. The fourth-order valence-electron chi connectivity index (χ4n) is 1.37. The first-order chi connectivity index (χ1) is 9.36. The Bertz CT molecular complexity index is 426. The average molecular weight is 292 g/mol. The highest BCUT2D eigenvalue weighted by molar-refractivity contribution is 5.47. The van der Waals surface area contributed by atoms with Crippen molar-refractivity contribution >= 4 is 11.6 Å². The first kappa shape index (κ1) is 16.5. The first-order valence-corrected chi connectivity index (χ1v) is 6.48. The van der Waals surface area contributed by atoms with E-state index in [2.05, 4.69) is 20.6 Å². The Kier molecular flexibility index (Phi) is 6.00. The smallest absolute Gasteiger partial charge is 0.391 e. The van der Waals surface area contributed by atoms with Crippen molar-refractivity contribution < 1.29 is 18.3 Å². The number of anilines is 2. The molecule has 8 heteroatoms. The van der Waals surface area contributed by atoms with Crippen molar-refractivity contribution in [2.24, 2.45) is 0 Å². The van der Waals surface area contributed by atoms with Gasteiger partial charge >= 0.3 is 6.18 Å². The highest BCUT2D eigenvalue weighted by atomic mass is 19.4. The molecule has 0 aliphatic carbocycles. The number of hydrogen-bond donors (Lipinski definition) is 3. The second kappa shape index (κ2) is 7.28. The zero-order valence-corrected chi connectivity index (χ0v) is 11.5. The zero-order chi connectivity index (χ0) is 15.2. The molecule has 1 atom stereocenters. The molecule has 0 bridgehead atoms. The molecule has 3 N–H and O–H groups in total. The molecule has 5 nitrogen and oxygen atoms in total. The number of nitrogens with zero attached hydrogens (tertiary/aromatic N) is 2. The Morgan fingerprint density at radius 3 is 2.30 bits per heavy atom. The van der Waals surface area contributed by atoms with E-state index in [-0.39, 0.29) is 18.2 Å². The van der Waals surface area contributed by atoms with Gasteiger partial charge in [-0.05, 0) is 12.8 Å². The third-order valence-corrected chi connectivity index (χ3v) is 2.53. The van der Waals surface area contributed by atoms with Crippen LogP contribution < -0.4 is 10.6 Å². The van der Waals surface area contributed by atoms with Crippen molar-refractivity contribution in [1.29, 1.82) is 0 Å². The van der Waals surface area contributed by atoms with Gasteiger partial charge < -0.3 is 15.7 Å². The van der Waals surface area contributed by atoms with Gasteiger partial charge in [-0.3, -0.25) is 0 Å². The monoisotopic (exact) mass is 292 g/mol. The van der Waals surface area contributed by atoms with Gasteiger partial charge in [0.1, 0.15) is 11.6 Å². The molecule has 0 aliphatic heterocycles. The summed E-state index contributed by atoms with van der Waals surface area (Å²) in [6, 6.07) is 1.40. The number of hydrogen-bond acceptors (Lipinski definition) is 5. The fourth-order valence-corrected chi connectivity index (χ4v) is 1.37. The minimum Gasteiger partial charge on any atom is -0.391 e. The van der Waals surface area contributed by atoms with Crippen LogP contribution in [0.15, 0.2) is 6.07 Å². The average Bonchev–Trinajstić information content (AvgIpc) is 2.41.